The van der Waals surface area contributed by atoms with Gasteiger partial charge in [0.1, 0.15) is 5.15 Å². The molecule has 0 atom stereocenters. The van der Waals surface area contributed by atoms with E-state index in [2.05, 4.69) is 10.3 Å². The van der Waals surface area contributed by atoms with Gasteiger partial charge < -0.3 is 5.32 Å². The topological polar surface area (TPSA) is 85.1 Å². The van der Waals surface area contributed by atoms with Gasteiger partial charge in [0.2, 0.25) is 0 Å². The van der Waals surface area contributed by atoms with Crippen LogP contribution in [0.5, 0.6) is 0 Å². The van der Waals surface area contributed by atoms with E-state index in [1.54, 1.807) is 32.0 Å². The average molecular weight is 306 g/mol. The van der Waals surface area contributed by atoms with E-state index in [0.29, 0.717) is 22.1 Å². The summed E-state index contributed by atoms with van der Waals surface area (Å²) < 4.78 is 0. The van der Waals surface area contributed by atoms with Crippen LogP contribution in [0.1, 0.15) is 21.6 Å². The lowest BCUT2D eigenvalue weighted by molar-refractivity contribution is -0.384. The van der Waals surface area contributed by atoms with E-state index in [1.165, 1.54) is 12.1 Å². The number of aryl methyl sites for hydroxylation is 2. The Kier molecular flexibility index (Phi) is 4.18. The van der Waals surface area contributed by atoms with Gasteiger partial charge in [0.15, 0.2) is 0 Å². The Morgan fingerprint density at radius 3 is 2.62 bits per heavy atom. The van der Waals surface area contributed by atoms with Crippen LogP contribution >= 0.6 is 11.6 Å². The summed E-state index contributed by atoms with van der Waals surface area (Å²) in [5.41, 5.74) is 1.81. The van der Waals surface area contributed by atoms with Crippen molar-refractivity contribution in [2.24, 2.45) is 0 Å². The summed E-state index contributed by atoms with van der Waals surface area (Å²) >= 11 is 5.75. The number of pyridine rings is 1. The predicted molar refractivity (Wildman–Crippen MR) is 79.8 cm³/mol. The summed E-state index contributed by atoms with van der Waals surface area (Å²) in [6.45, 7) is 3.40. The third kappa shape index (κ3) is 3.55. The number of amides is 1. The Labute approximate surface area is 125 Å². The second-order valence-electron chi connectivity index (χ2n) is 4.54. The SMILES string of the molecule is Cc1cc(C(=O)Nc2ccc(Cl)nc2C)cc([N+](=O)[O-])c1. The third-order valence-corrected chi connectivity index (χ3v) is 3.05. The minimum Gasteiger partial charge on any atom is -0.320 e. The minimum absolute atomic E-state index is 0.119. The van der Waals surface area contributed by atoms with Gasteiger partial charge in [-0.15, -0.1) is 0 Å². The molecule has 1 aromatic carbocycles. The van der Waals surface area contributed by atoms with Gasteiger partial charge in [0.05, 0.1) is 16.3 Å². The van der Waals surface area contributed by atoms with Crippen molar-refractivity contribution >= 4 is 28.9 Å². The van der Waals surface area contributed by atoms with Crippen molar-refractivity contribution in [3.63, 3.8) is 0 Å². The first-order valence-electron chi connectivity index (χ1n) is 6.07. The molecule has 108 valence electrons. The number of aromatic nitrogens is 1. The molecule has 1 aromatic heterocycles. The Bertz CT molecular complexity index is 731. The predicted octanol–water partition coefficient (Wildman–Crippen LogP) is 3.51. The zero-order valence-corrected chi connectivity index (χ0v) is 12.1. The van der Waals surface area contributed by atoms with Gasteiger partial charge in [0.25, 0.3) is 11.6 Å². The normalized spacial score (nSPS) is 10.2. The van der Waals surface area contributed by atoms with E-state index in [1.807, 2.05) is 0 Å². The Balaban J connectivity index is 2.30. The summed E-state index contributed by atoms with van der Waals surface area (Å²) in [6, 6.07) is 7.42. The summed E-state index contributed by atoms with van der Waals surface area (Å²) in [6.07, 6.45) is 0. The number of nitro groups is 1. The van der Waals surface area contributed by atoms with Gasteiger partial charge >= 0.3 is 0 Å². The average Bonchev–Trinajstić information content (AvgIpc) is 2.41. The highest BCUT2D eigenvalue weighted by molar-refractivity contribution is 6.29. The molecule has 7 heteroatoms. The maximum Gasteiger partial charge on any atom is 0.270 e. The van der Waals surface area contributed by atoms with Gasteiger partial charge in [-0.1, -0.05) is 11.6 Å². The van der Waals surface area contributed by atoms with Crippen LogP contribution in [0.2, 0.25) is 5.15 Å². The molecule has 2 aromatic rings. The first kappa shape index (κ1) is 14.9. The molecule has 0 aliphatic rings. The molecule has 0 fully saturated rings. The van der Waals surface area contributed by atoms with Crippen molar-refractivity contribution in [1.82, 2.24) is 4.98 Å². The number of carbonyl (C=O) groups excluding carboxylic acids is 1. The van der Waals surface area contributed by atoms with Crippen LogP contribution in [0.4, 0.5) is 11.4 Å². The fourth-order valence-corrected chi connectivity index (χ4v) is 2.05. The number of benzene rings is 1. The number of rotatable bonds is 3. The van der Waals surface area contributed by atoms with Crippen molar-refractivity contribution in [3.8, 4) is 0 Å². The molecule has 0 aliphatic carbocycles. The molecule has 6 nitrogen and oxygen atoms in total. The number of non-ortho nitro benzene ring substituents is 1. The van der Waals surface area contributed by atoms with Crippen molar-refractivity contribution in [2.45, 2.75) is 13.8 Å². The minimum atomic E-state index is -0.529. The number of hydrogen-bond donors (Lipinski definition) is 1. The van der Waals surface area contributed by atoms with E-state index in [-0.39, 0.29) is 11.3 Å². The third-order valence-electron chi connectivity index (χ3n) is 2.84. The number of hydrogen-bond acceptors (Lipinski definition) is 4. The van der Waals surface area contributed by atoms with Gasteiger partial charge in [-0.05, 0) is 37.6 Å². The highest BCUT2D eigenvalue weighted by Crippen LogP contribution is 2.20. The van der Waals surface area contributed by atoms with Crippen LogP contribution in [0.25, 0.3) is 0 Å². The fraction of sp³-hybridized carbons (Fsp3) is 0.143. The quantitative estimate of drug-likeness (QED) is 0.534. The molecular formula is C14H12ClN3O3. The zero-order valence-electron chi connectivity index (χ0n) is 11.4. The Morgan fingerprint density at radius 1 is 1.29 bits per heavy atom. The highest BCUT2D eigenvalue weighted by atomic mass is 35.5. The van der Waals surface area contributed by atoms with Crippen LogP contribution in [0.15, 0.2) is 30.3 Å². The molecule has 0 spiro atoms. The monoisotopic (exact) mass is 305 g/mol. The Morgan fingerprint density at radius 2 is 2.00 bits per heavy atom. The Hall–Kier alpha value is -2.47. The summed E-state index contributed by atoms with van der Waals surface area (Å²) in [7, 11) is 0. The van der Waals surface area contributed by atoms with E-state index in [9.17, 15) is 14.9 Å². The van der Waals surface area contributed by atoms with E-state index < -0.39 is 10.8 Å². The van der Waals surface area contributed by atoms with Crippen LogP contribution in [-0.4, -0.2) is 15.8 Å². The first-order valence-corrected chi connectivity index (χ1v) is 6.45. The molecule has 2 rings (SSSR count). The van der Waals surface area contributed by atoms with Gasteiger partial charge in [0, 0.05) is 17.7 Å². The number of nitrogens with zero attached hydrogens (tertiary/aromatic N) is 2. The molecular weight excluding hydrogens is 294 g/mol. The lowest BCUT2D eigenvalue weighted by atomic mass is 10.1. The molecule has 0 aliphatic heterocycles. The number of nitrogens with one attached hydrogen (secondary N) is 1. The van der Waals surface area contributed by atoms with E-state index in [4.69, 9.17) is 11.6 Å². The highest BCUT2D eigenvalue weighted by Gasteiger charge is 2.14. The number of anilines is 1. The zero-order chi connectivity index (χ0) is 15.6. The molecule has 1 heterocycles. The molecule has 0 saturated heterocycles. The van der Waals surface area contributed by atoms with Gasteiger partial charge in [-0.2, -0.15) is 0 Å². The van der Waals surface area contributed by atoms with Crippen molar-refractivity contribution in [1.29, 1.82) is 0 Å². The van der Waals surface area contributed by atoms with Crippen LogP contribution in [-0.2, 0) is 0 Å². The van der Waals surface area contributed by atoms with E-state index in [0.717, 1.165) is 0 Å². The summed E-state index contributed by atoms with van der Waals surface area (Å²) in [4.78, 5) is 26.5. The molecule has 1 N–H and O–H groups in total. The molecule has 0 saturated carbocycles. The van der Waals surface area contributed by atoms with Crippen LogP contribution in [0.3, 0.4) is 0 Å². The lowest BCUT2D eigenvalue weighted by Gasteiger charge is -2.08. The summed E-state index contributed by atoms with van der Waals surface area (Å²) in [5, 5.41) is 13.8. The number of halogens is 1. The van der Waals surface area contributed by atoms with Crippen LogP contribution < -0.4 is 5.32 Å². The molecule has 21 heavy (non-hydrogen) atoms. The smallest absolute Gasteiger partial charge is 0.270 e. The second-order valence-corrected chi connectivity index (χ2v) is 4.92. The van der Waals surface area contributed by atoms with Crippen molar-refractivity contribution in [3.05, 3.63) is 62.4 Å². The fourth-order valence-electron chi connectivity index (χ4n) is 1.86. The van der Waals surface area contributed by atoms with Crippen molar-refractivity contribution < 1.29 is 9.72 Å². The van der Waals surface area contributed by atoms with Gasteiger partial charge in [-0.3, -0.25) is 14.9 Å². The summed E-state index contributed by atoms with van der Waals surface area (Å²) in [5.74, 6) is -0.436. The lowest BCUT2D eigenvalue weighted by Crippen LogP contribution is -2.13. The molecule has 0 bridgehead atoms. The maximum atomic E-state index is 12.2. The largest absolute Gasteiger partial charge is 0.320 e. The first-order chi connectivity index (χ1) is 9.86. The van der Waals surface area contributed by atoms with Crippen LogP contribution in [0, 0.1) is 24.0 Å². The maximum absolute atomic E-state index is 12.2. The number of carbonyl (C=O) groups is 1. The van der Waals surface area contributed by atoms with Crippen molar-refractivity contribution in [2.75, 3.05) is 5.32 Å². The molecule has 0 radical (unpaired) electrons. The molecule has 1 amide bonds. The standard InChI is InChI=1S/C14H12ClN3O3/c1-8-5-10(7-11(6-8)18(20)21)14(19)17-12-3-4-13(15)16-9(12)2/h3-7H,1-2H3,(H,17,19). The van der Waals surface area contributed by atoms with Gasteiger partial charge in [-0.25, -0.2) is 4.98 Å². The number of nitro benzene ring substituents is 1. The molecule has 0 unspecified atom stereocenters. The van der Waals surface area contributed by atoms with E-state index >= 15 is 0 Å². The second kappa shape index (κ2) is 5.88.